The van der Waals surface area contributed by atoms with Gasteiger partial charge >= 0.3 is 0 Å². The van der Waals surface area contributed by atoms with Crippen LogP contribution in [0.5, 0.6) is 0 Å². The highest BCUT2D eigenvalue weighted by atomic mass is 35.5. The first-order valence-electron chi connectivity index (χ1n) is 9.03. The molecular formula is C19H31ClN4O. The van der Waals surface area contributed by atoms with Crippen LogP contribution in [0.1, 0.15) is 32.4 Å². The molecule has 0 amide bonds. The topological polar surface area (TPSA) is 48.9 Å². The summed E-state index contributed by atoms with van der Waals surface area (Å²) in [4.78, 5) is 6.76. The average molecular weight is 367 g/mol. The molecule has 5 nitrogen and oxygen atoms in total. The van der Waals surface area contributed by atoms with Gasteiger partial charge in [0.25, 0.3) is 0 Å². The molecule has 2 N–H and O–H groups in total. The van der Waals surface area contributed by atoms with Gasteiger partial charge in [0.05, 0.1) is 19.3 Å². The van der Waals surface area contributed by atoms with E-state index in [4.69, 9.17) is 16.3 Å². The minimum absolute atomic E-state index is 0.199. The Bertz CT molecular complexity index is 570. The van der Waals surface area contributed by atoms with Gasteiger partial charge in [-0.1, -0.05) is 50.6 Å². The van der Waals surface area contributed by atoms with Crippen molar-refractivity contribution in [2.45, 2.75) is 26.8 Å². The lowest BCUT2D eigenvalue weighted by molar-refractivity contribution is -0.0971. The number of nitrogens with zero attached hydrogens (tertiary/aromatic N) is 2. The second-order valence-electron chi connectivity index (χ2n) is 6.87. The van der Waals surface area contributed by atoms with Crippen molar-refractivity contribution in [3.63, 3.8) is 0 Å². The number of halogens is 1. The van der Waals surface area contributed by atoms with Crippen molar-refractivity contribution in [3.8, 4) is 0 Å². The Morgan fingerprint density at radius 2 is 1.96 bits per heavy atom. The van der Waals surface area contributed by atoms with Crippen LogP contribution in [0.3, 0.4) is 0 Å². The highest BCUT2D eigenvalue weighted by Crippen LogP contribution is 2.27. The number of guanidine groups is 1. The SMILES string of the molecule is CCN(CC)C(CNC(=NC)NCC1(C)COC1)c1ccccc1Cl. The average Bonchev–Trinajstić information content (AvgIpc) is 2.60. The van der Waals surface area contributed by atoms with Gasteiger partial charge in [0, 0.05) is 30.6 Å². The third-order valence-electron chi connectivity index (χ3n) is 4.79. The Kier molecular flexibility index (Phi) is 7.54. The third-order valence-corrected chi connectivity index (χ3v) is 5.13. The van der Waals surface area contributed by atoms with Gasteiger partial charge in [-0.05, 0) is 24.7 Å². The molecule has 0 saturated carbocycles. The molecule has 1 saturated heterocycles. The highest BCUT2D eigenvalue weighted by Gasteiger charge is 2.33. The first-order chi connectivity index (χ1) is 12.0. The molecular weight excluding hydrogens is 336 g/mol. The smallest absolute Gasteiger partial charge is 0.191 e. The maximum absolute atomic E-state index is 6.46. The lowest BCUT2D eigenvalue weighted by atomic mass is 9.89. The van der Waals surface area contributed by atoms with E-state index >= 15 is 0 Å². The quantitative estimate of drug-likeness (QED) is 0.548. The Hall–Kier alpha value is -1.30. The normalized spacial score (nSPS) is 17.9. The number of rotatable bonds is 8. The number of nitrogens with one attached hydrogen (secondary N) is 2. The summed E-state index contributed by atoms with van der Waals surface area (Å²) in [5.41, 5.74) is 1.36. The van der Waals surface area contributed by atoms with Crippen LogP contribution in [0.15, 0.2) is 29.3 Å². The first kappa shape index (κ1) is 20.0. The monoisotopic (exact) mass is 366 g/mol. The largest absolute Gasteiger partial charge is 0.380 e. The molecule has 2 rings (SSSR count). The van der Waals surface area contributed by atoms with Crippen molar-refractivity contribution in [1.82, 2.24) is 15.5 Å². The zero-order valence-electron chi connectivity index (χ0n) is 15.8. The number of likely N-dealkylation sites (N-methyl/N-ethyl adjacent to an activating group) is 1. The Balaban J connectivity index is 2.01. The van der Waals surface area contributed by atoms with Gasteiger partial charge in [-0.3, -0.25) is 9.89 Å². The van der Waals surface area contributed by atoms with Crippen LogP contribution in [0.25, 0.3) is 0 Å². The molecule has 0 spiro atoms. The molecule has 0 bridgehead atoms. The zero-order valence-corrected chi connectivity index (χ0v) is 16.6. The zero-order chi connectivity index (χ0) is 18.3. The number of hydrogen-bond acceptors (Lipinski definition) is 3. The summed E-state index contributed by atoms with van der Waals surface area (Å²) in [5, 5.41) is 7.69. The van der Waals surface area contributed by atoms with E-state index in [1.54, 1.807) is 7.05 Å². The van der Waals surface area contributed by atoms with Crippen molar-refractivity contribution in [2.24, 2.45) is 10.4 Å². The third kappa shape index (κ3) is 5.33. The van der Waals surface area contributed by atoms with Crippen LogP contribution >= 0.6 is 11.6 Å². The predicted octanol–water partition coefficient (Wildman–Crippen LogP) is 2.92. The van der Waals surface area contributed by atoms with Crippen LogP contribution in [0, 0.1) is 5.41 Å². The molecule has 0 aromatic heterocycles. The molecule has 0 aliphatic carbocycles. The van der Waals surface area contributed by atoms with E-state index < -0.39 is 0 Å². The van der Waals surface area contributed by atoms with E-state index in [0.29, 0.717) is 0 Å². The molecule has 1 atom stereocenters. The fourth-order valence-electron chi connectivity index (χ4n) is 3.11. The second-order valence-corrected chi connectivity index (χ2v) is 7.28. The first-order valence-corrected chi connectivity index (χ1v) is 9.41. The van der Waals surface area contributed by atoms with Crippen molar-refractivity contribution < 1.29 is 4.74 Å². The van der Waals surface area contributed by atoms with Crippen LogP contribution in [0.4, 0.5) is 0 Å². The van der Waals surface area contributed by atoms with E-state index in [1.165, 1.54) is 0 Å². The molecule has 25 heavy (non-hydrogen) atoms. The standard InChI is InChI=1S/C19H31ClN4O/c1-5-24(6-2)17(15-9-7-8-10-16(15)20)11-22-18(21-4)23-12-19(3)13-25-14-19/h7-10,17H,5-6,11-14H2,1-4H3,(H2,21,22,23). The summed E-state index contributed by atoms with van der Waals surface area (Å²) in [6.07, 6.45) is 0. The lowest BCUT2D eigenvalue weighted by Crippen LogP contribution is -2.51. The Morgan fingerprint density at radius 1 is 1.28 bits per heavy atom. The van der Waals surface area contributed by atoms with Gasteiger partial charge in [-0.15, -0.1) is 0 Å². The van der Waals surface area contributed by atoms with E-state index in [-0.39, 0.29) is 11.5 Å². The van der Waals surface area contributed by atoms with Crippen molar-refractivity contribution in [2.75, 3.05) is 46.4 Å². The Labute approximate surface area is 156 Å². The van der Waals surface area contributed by atoms with E-state index in [9.17, 15) is 0 Å². The molecule has 1 aromatic carbocycles. The lowest BCUT2D eigenvalue weighted by Gasteiger charge is -2.38. The maximum Gasteiger partial charge on any atom is 0.191 e. The fourth-order valence-corrected chi connectivity index (χ4v) is 3.37. The summed E-state index contributed by atoms with van der Waals surface area (Å²) in [7, 11) is 1.80. The van der Waals surface area contributed by atoms with Crippen molar-refractivity contribution in [3.05, 3.63) is 34.9 Å². The predicted molar refractivity (Wildman–Crippen MR) is 105 cm³/mol. The summed E-state index contributed by atoms with van der Waals surface area (Å²) in [6, 6.07) is 8.28. The minimum atomic E-state index is 0.199. The molecule has 6 heteroatoms. The van der Waals surface area contributed by atoms with Crippen molar-refractivity contribution in [1.29, 1.82) is 0 Å². The van der Waals surface area contributed by atoms with Crippen molar-refractivity contribution >= 4 is 17.6 Å². The van der Waals surface area contributed by atoms with Gasteiger partial charge < -0.3 is 15.4 Å². The van der Waals surface area contributed by atoms with Crippen LogP contribution in [0.2, 0.25) is 5.02 Å². The maximum atomic E-state index is 6.46. The number of aliphatic imine (C=N–C) groups is 1. The van der Waals surface area contributed by atoms with Crippen LogP contribution in [-0.4, -0.2) is 57.3 Å². The number of ether oxygens (including phenoxy) is 1. The van der Waals surface area contributed by atoms with Crippen LogP contribution in [-0.2, 0) is 4.74 Å². The molecule has 1 aliphatic heterocycles. The summed E-state index contributed by atoms with van der Waals surface area (Å²) >= 11 is 6.46. The van der Waals surface area contributed by atoms with Gasteiger partial charge in [0.2, 0.25) is 0 Å². The number of benzene rings is 1. The summed E-state index contributed by atoms with van der Waals surface area (Å²) < 4.78 is 5.31. The molecule has 1 aromatic rings. The summed E-state index contributed by atoms with van der Waals surface area (Å²) in [5.74, 6) is 0.817. The minimum Gasteiger partial charge on any atom is -0.380 e. The second kappa shape index (κ2) is 9.41. The fraction of sp³-hybridized carbons (Fsp3) is 0.632. The van der Waals surface area contributed by atoms with Gasteiger partial charge in [0.1, 0.15) is 0 Å². The Morgan fingerprint density at radius 3 is 2.48 bits per heavy atom. The highest BCUT2D eigenvalue weighted by molar-refractivity contribution is 6.31. The summed E-state index contributed by atoms with van der Waals surface area (Å²) in [6.45, 7) is 11.7. The van der Waals surface area contributed by atoms with Gasteiger partial charge in [0.15, 0.2) is 5.96 Å². The van der Waals surface area contributed by atoms with E-state index in [0.717, 1.165) is 55.9 Å². The molecule has 1 aliphatic rings. The van der Waals surface area contributed by atoms with E-state index in [2.05, 4.69) is 47.4 Å². The molecule has 0 radical (unpaired) electrons. The molecule has 1 fully saturated rings. The van der Waals surface area contributed by atoms with Gasteiger partial charge in [-0.2, -0.15) is 0 Å². The molecule has 1 heterocycles. The number of hydrogen-bond donors (Lipinski definition) is 2. The van der Waals surface area contributed by atoms with E-state index in [1.807, 2.05) is 18.2 Å². The molecule has 1 unspecified atom stereocenters. The van der Waals surface area contributed by atoms with Crippen LogP contribution < -0.4 is 10.6 Å². The molecule has 140 valence electrons. The van der Waals surface area contributed by atoms with Gasteiger partial charge in [-0.25, -0.2) is 0 Å².